The van der Waals surface area contributed by atoms with E-state index < -0.39 is 0 Å². The van der Waals surface area contributed by atoms with Crippen LogP contribution in [0.2, 0.25) is 0 Å². The Kier molecular flexibility index (Phi) is 3.10. The van der Waals surface area contributed by atoms with Gasteiger partial charge in [-0.3, -0.25) is 0 Å². The molecule has 1 aliphatic heterocycles. The molecule has 1 fully saturated rings. The molecule has 0 aromatic rings. The maximum Gasteiger partial charge on any atom is 0.154 e. The smallest absolute Gasteiger partial charge is 0.154 e. The fraction of sp³-hybridized carbons (Fsp3) is 1.00. The summed E-state index contributed by atoms with van der Waals surface area (Å²) < 4.78 is 13.4. The Labute approximate surface area is 72.1 Å². The van der Waals surface area contributed by atoms with Crippen LogP contribution in [0.3, 0.4) is 0 Å². The molecule has 0 aromatic heterocycles. The first-order valence-corrected chi connectivity index (χ1v) is 4.58. The molecule has 1 saturated heterocycles. The summed E-state index contributed by atoms with van der Waals surface area (Å²) in [6.45, 7) is 5.86. The van der Waals surface area contributed by atoms with Crippen molar-refractivity contribution in [3.05, 3.63) is 0 Å². The molecule has 11 heavy (non-hydrogen) atoms. The van der Waals surface area contributed by atoms with Crippen LogP contribution in [0.4, 0.5) is 4.48 Å². The van der Waals surface area contributed by atoms with Gasteiger partial charge >= 0.3 is 0 Å². The van der Waals surface area contributed by atoms with Crippen LogP contribution in [0, 0.1) is 0 Å². The maximum absolute atomic E-state index is 12.6. The van der Waals surface area contributed by atoms with E-state index in [2.05, 4.69) is 6.92 Å². The molecule has 1 heterocycles. The topological polar surface area (TPSA) is 3.24 Å². The largest absolute Gasteiger partial charge is 0.309 e. The SMILES string of the molecule is CC[N+]1(CCl)CCN(F)CC1. The van der Waals surface area contributed by atoms with Crippen molar-refractivity contribution in [1.29, 1.82) is 0 Å². The van der Waals surface area contributed by atoms with Gasteiger partial charge in [0.15, 0.2) is 6.00 Å². The Morgan fingerprint density at radius 1 is 1.45 bits per heavy atom. The summed E-state index contributed by atoms with van der Waals surface area (Å²) in [4.78, 5) is 0. The molecule has 0 unspecified atom stereocenters. The number of quaternary nitrogens is 1. The fourth-order valence-electron chi connectivity index (χ4n) is 1.39. The third-order valence-corrected chi connectivity index (χ3v) is 3.07. The van der Waals surface area contributed by atoms with E-state index in [1.54, 1.807) is 0 Å². The third-order valence-electron chi connectivity index (χ3n) is 2.56. The Hall–Kier alpha value is 0.140. The molecule has 0 aromatic carbocycles. The molecule has 1 aliphatic rings. The van der Waals surface area contributed by atoms with Crippen molar-refractivity contribution < 1.29 is 8.96 Å². The van der Waals surface area contributed by atoms with E-state index in [1.807, 2.05) is 0 Å². The Morgan fingerprint density at radius 3 is 2.36 bits per heavy atom. The number of nitrogens with zero attached hydrogens (tertiary/aromatic N) is 2. The molecule has 0 spiro atoms. The number of alkyl halides is 1. The van der Waals surface area contributed by atoms with Crippen LogP contribution in [-0.2, 0) is 0 Å². The lowest BCUT2D eigenvalue weighted by molar-refractivity contribution is -0.921. The monoisotopic (exact) mass is 181 g/mol. The lowest BCUT2D eigenvalue weighted by atomic mass is 10.3. The van der Waals surface area contributed by atoms with Gasteiger partial charge in [0.2, 0.25) is 0 Å². The van der Waals surface area contributed by atoms with Crippen LogP contribution in [0.15, 0.2) is 0 Å². The second kappa shape index (κ2) is 3.70. The van der Waals surface area contributed by atoms with E-state index >= 15 is 0 Å². The van der Waals surface area contributed by atoms with Gasteiger partial charge in [0.05, 0.1) is 32.7 Å². The number of hydrogen-bond acceptors (Lipinski definition) is 1. The van der Waals surface area contributed by atoms with Crippen LogP contribution in [-0.4, -0.2) is 48.3 Å². The van der Waals surface area contributed by atoms with Crippen LogP contribution < -0.4 is 0 Å². The number of rotatable bonds is 2. The quantitative estimate of drug-likeness (QED) is 0.268. The lowest BCUT2D eigenvalue weighted by Crippen LogP contribution is -2.57. The maximum atomic E-state index is 12.6. The summed E-state index contributed by atoms with van der Waals surface area (Å²) in [7, 11) is 0. The van der Waals surface area contributed by atoms with Gasteiger partial charge in [-0.05, 0) is 6.92 Å². The Balaban J connectivity index is 2.45. The highest BCUT2D eigenvalue weighted by Crippen LogP contribution is 2.13. The lowest BCUT2D eigenvalue weighted by Gasteiger charge is -2.40. The first kappa shape index (κ1) is 9.23. The van der Waals surface area contributed by atoms with Crippen molar-refractivity contribution in [3.63, 3.8) is 0 Å². The molecule has 0 atom stereocenters. The zero-order valence-corrected chi connectivity index (χ0v) is 7.65. The van der Waals surface area contributed by atoms with Gasteiger partial charge in [-0.15, -0.1) is 9.60 Å². The minimum Gasteiger partial charge on any atom is -0.309 e. The first-order valence-electron chi connectivity index (χ1n) is 4.04. The number of halogens is 2. The van der Waals surface area contributed by atoms with Gasteiger partial charge in [-0.2, -0.15) is 0 Å². The molecule has 0 radical (unpaired) electrons. The summed E-state index contributed by atoms with van der Waals surface area (Å²) in [5.74, 6) is 0. The zero-order valence-electron chi connectivity index (χ0n) is 6.89. The van der Waals surface area contributed by atoms with Crippen LogP contribution in [0.1, 0.15) is 6.92 Å². The van der Waals surface area contributed by atoms with Crippen molar-refractivity contribution >= 4 is 11.6 Å². The molecule has 0 N–H and O–H groups in total. The van der Waals surface area contributed by atoms with Crippen molar-refractivity contribution in [2.24, 2.45) is 0 Å². The van der Waals surface area contributed by atoms with Crippen molar-refractivity contribution in [2.75, 3.05) is 38.7 Å². The van der Waals surface area contributed by atoms with E-state index in [-0.39, 0.29) is 0 Å². The minimum absolute atomic E-state index is 0.528. The molecule has 2 nitrogen and oxygen atoms in total. The molecule has 0 saturated carbocycles. The second-order valence-electron chi connectivity index (χ2n) is 3.13. The average Bonchev–Trinajstić information content (AvgIpc) is 2.07. The van der Waals surface area contributed by atoms with Crippen molar-refractivity contribution in [3.8, 4) is 0 Å². The molecule has 1 rings (SSSR count). The van der Waals surface area contributed by atoms with E-state index in [0.29, 0.717) is 19.1 Å². The summed E-state index contributed by atoms with van der Waals surface area (Å²) in [5, 5.41) is 0.874. The molecular formula is C7H15ClFN2+. The van der Waals surface area contributed by atoms with Gasteiger partial charge in [0.1, 0.15) is 0 Å². The van der Waals surface area contributed by atoms with Crippen LogP contribution >= 0.6 is 11.6 Å². The number of piperazine rings is 1. The highest BCUT2D eigenvalue weighted by molar-refractivity contribution is 6.16. The standard InChI is InChI=1S/C7H15ClFN2/c1-2-11(7-8)5-3-10(9)4-6-11/h2-7H2,1H3/q+1. The number of hydrogen-bond donors (Lipinski definition) is 0. The summed E-state index contributed by atoms with van der Waals surface area (Å²) in [6.07, 6.45) is 0. The normalized spacial score (nSPS) is 25.4. The average molecular weight is 182 g/mol. The molecular weight excluding hydrogens is 167 g/mol. The van der Waals surface area contributed by atoms with Crippen molar-refractivity contribution in [2.45, 2.75) is 6.92 Å². The van der Waals surface area contributed by atoms with Crippen LogP contribution in [0.25, 0.3) is 0 Å². The summed E-state index contributed by atoms with van der Waals surface area (Å²) in [5.41, 5.74) is 0. The molecule has 0 amide bonds. The van der Waals surface area contributed by atoms with E-state index in [0.717, 1.165) is 29.2 Å². The van der Waals surface area contributed by atoms with E-state index in [1.165, 1.54) is 0 Å². The summed E-state index contributed by atoms with van der Waals surface area (Å²) >= 11 is 5.82. The third kappa shape index (κ3) is 2.04. The van der Waals surface area contributed by atoms with E-state index in [4.69, 9.17) is 11.6 Å². The van der Waals surface area contributed by atoms with Gasteiger partial charge in [0, 0.05) is 0 Å². The van der Waals surface area contributed by atoms with Gasteiger partial charge < -0.3 is 4.48 Å². The Morgan fingerprint density at radius 2 is 2.00 bits per heavy atom. The first-order chi connectivity index (χ1) is 5.22. The highest BCUT2D eigenvalue weighted by atomic mass is 35.5. The Bertz CT molecular complexity index is 118. The molecule has 4 heteroatoms. The minimum atomic E-state index is 0.528. The number of likely N-dealkylation sites (N-methyl/N-ethyl adjacent to an activating group) is 1. The molecule has 0 aliphatic carbocycles. The second-order valence-corrected chi connectivity index (χ2v) is 3.37. The predicted octanol–water partition coefficient (Wildman–Crippen LogP) is 1.22. The van der Waals surface area contributed by atoms with Gasteiger partial charge in [0.25, 0.3) is 0 Å². The van der Waals surface area contributed by atoms with Crippen molar-refractivity contribution in [1.82, 2.24) is 5.12 Å². The predicted molar refractivity (Wildman–Crippen MR) is 43.9 cm³/mol. The zero-order chi connectivity index (χ0) is 8.32. The fourth-order valence-corrected chi connectivity index (χ4v) is 1.79. The van der Waals surface area contributed by atoms with Gasteiger partial charge in [-0.1, -0.05) is 11.6 Å². The highest BCUT2D eigenvalue weighted by Gasteiger charge is 2.30. The summed E-state index contributed by atoms with van der Waals surface area (Å²) in [6, 6.07) is 0.615. The molecule has 66 valence electrons. The van der Waals surface area contributed by atoms with Gasteiger partial charge in [-0.25, -0.2) is 0 Å². The molecule has 0 bridgehead atoms. The van der Waals surface area contributed by atoms with E-state index in [9.17, 15) is 4.48 Å². The van der Waals surface area contributed by atoms with Crippen LogP contribution in [0.5, 0.6) is 0 Å².